The fourth-order valence-corrected chi connectivity index (χ4v) is 9.27. The normalized spacial score (nSPS) is 12.4. The summed E-state index contributed by atoms with van der Waals surface area (Å²) in [5, 5.41) is 0. The van der Waals surface area contributed by atoms with Crippen molar-refractivity contribution in [3.05, 3.63) is 242 Å². The summed E-state index contributed by atoms with van der Waals surface area (Å²) in [4.78, 5) is 10.2. The van der Waals surface area contributed by atoms with Crippen LogP contribution in [0.4, 0.5) is 0 Å². The number of fused-ring (bicyclic) bond motifs is 3. The third kappa shape index (κ3) is 7.26. The van der Waals surface area contributed by atoms with Crippen LogP contribution in [0.3, 0.4) is 0 Å². The van der Waals surface area contributed by atoms with E-state index in [9.17, 15) is 0 Å². The molecule has 8 aromatic carbocycles. The molecule has 0 fully saturated rings. The lowest BCUT2D eigenvalue weighted by Crippen LogP contribution is -2.15. The molecule has 2 aromatic heterocycles. The number of nitrogens with zero attached hydrogens (tertiary/aromatic N) is 2. The van der Waals surface area contributed by atoms with Gasteiger partial charge in [-0.2, -0.15) is 0 Å². The predicted molar refractivity (Wildman–Crippen MR) is 263 cm³/mol. The Hall–Kier alpha value is -7.94. The molecule has 0 radical (unpaired) electrons. The molecule has 2 nitrogen and oxygen atoms in total. The number of aromatic nitrogens is 2. The summed E-state index contributed by atoms with van der Waals surface area (Å²) in [7, 11) is 0. The van der Waals surface area contributed by atoms with E-state index in [4.69, 9.17) is 9.97 Å². The fraction of sp³-hybridized carbons (Fsp3) is 0.0492. The first-order valence-electron chi connectivity index (χ1n) is 21.7. The van der Waals surface area contributed by atoms with E-state index in [2.05, 4.69) is 244 Å². The van der Waals surface area contributed by atoms with E-state index < -0.39 is 0 Å². The maximum absolute atomic E-state index is 5.12. The van der Waals surface area contributed by atoms with Crippen LogP contribution in [0.25, 0.3) is 101 Å². The van der Waals surface area contributed by atoms with Crippen molar-refractivity contribution in [3.8, 4) is 101 Å². The maximum atomic E-state index is 5.12. The van der Waals surface area contributed by atoms with Gasteiger partial charge in [-0.05, 0) is 115 Å². The van der Waals surface area contributed by atoms with Gasteiger partial charge >= 0.3 is 0 Å². The smallest absolute Gasteiger partial charge is 0.0715 e. The highest BCUT2D eigenvalue weighted by atomic mass is 14.7. The van der Waals surface area contributed by atoms with Gasteiger partial charge in [-0.15, -0.1) is 0 Å². The van der Waals surface area contributed by atoms with E-state index in [1.165, 1.54) is 55.6 Å². The Kier molecular flexibility index (Phi) is 9.55. The van der Waals surface area contributed by atoms with Gasteiger partial charge in [-0.1, -0.05) is 196 Å². The van der Waals surface area contributed by atoms with Crippen molar-refractivity contribution in [3.63, 3.8) is 0 Å². The first-order valence-corrected chi connectivity index (χ1v) is 21.7. The van der Waals surface area contributed by atoms with Crippen molar-refractivity contribution in [2.45, 2.75) is 19.3 Å². The largest absolute Gasteiger partial charge is 0.248 e. The lowest BCUT2D eigenvalue weighted by molar-refractivity contribution is 0.661. The van der Waals surface area contributed by atoms with Crippen LogP contribution in [-0.4, -0.2) is 9.97 Å². The van der Waals surface area contributed by atoms with Crippen LogP contribution in [0.2, 0.25) is 0 Å². The van der Waals surface area contributed by atoms with Gasteiger partial charge in [0, 0.05) is 27.7 Å². The lowest BCUT2D eigenvalue weighted by Gasteiger charge is -2.23. The Bertz CT molecular complexity index is 2940. The van der Waals surface area contributed by atoms with E-state index >= 15 is 0 Å². The number of hydrogen-bond acceptors (Lipinski definition) is 2. The molecule has 1 aliphatic rings. The topological polar surface area (TPSA) is 25.8 Å². The molecular formula is C61H44N2. The molecule has 0 N–H and O–H groups in total. The molecule has 10 aromatic rings. The van der Waals surface area contributed by atoms with Crippen molar-refractivity contribution in [2.24, 2.45) is 0 Å². The van der Waals surface area contributed by atoms with Crippen molar-refractivity contribution < 1.29 is 0 Å². The summed E-state index contributed by atoms with van der Waals surface area (Å²) in [5.41, 5.74) is 22.9. The first-order chi connectivity index (χ1) is 30.9. The molecule has 0 saturated carbocycles. The van der Waals surface area contributed by atoms with Crippen LogP contribution in [0.1, 0.15) is 25.0 Å². The minimum atomic E-state index is -0.188. The molecule has 0 amide bonds. The molecule has 1 aliphatic carbocycles. The van der Waals surface area contributed by atoms with Gasteiger partial charge in [0.2, 0.25) is 0 Å². The van der Waals surface area contributed by atoms with Gasteiger partial charge in [-0.3, -0.25) is 0 Å². The number of benzene rings is 8. The molecule has 0 saturated heterocycles. The van der Waals surface area contributed by atoms with Crippen molar-refractivity contribution in [1.82, 2.24) is 9.97 Å². The van der Waals surface area contributed by atoms with Crippen LogP contribution >= 0.6 is 0 Å². The van der Waals surface area contributed by atoms with Crippen LogP contribution in [0.15, 0.2) is 231 Å². The van der Waals surface area contributed by atoms with Gasteiger partial charge < -0.3 is 0 Å². The van der Waals surface area contributed by atoms with E-state index in [0.29, 0.717) is 0 Å². The molecule has 0 atom stereocenters. The highest BCUT2D eigenvalue weighted by Gasteiger charge is 2.36. The lowest BCUT2D eigenvalue weighted by atomic mass is 9.80. The second-order valence-electron chi connectivity index (χ2n) is 17.0. The zero-order valence-corrected chi connectivity index (χ0v) is 35.3. The molecule has 0 bridgehead atoms. The monoisotopic (exact) mass is 804 g/mol. The highest BCUT2D eigenvalue weighted by Crippen LogP contribution is 2.51. The molecular weight excluding hydrogens is 761 g/mol. The minimum Gasteiger partial charge on any atom is -0.248 e. The second kappa shape index (κ2) is 15.8. The summed E-state index contributed by atoms with van der Waals surface area (Å²) in [6.45, 7) is 4.75. The minimum absolute atomic E-state index is 0.188. The van der Waals surface area contributed by atoms with E-state index in [1.54, 1.807) is 0 Å². The Morgan fingerprint density at radius 1 is 0.238 bits per heavy atom. The maximum Gasteiger partial charge on any atom is 0.0715 e. The van der Waals surface area contributed by atoms with Crippen molar-refractivity contribution in [2.75, 3.05) is 0 Å². The number of rotatable bonds is 8. The van der Waals surface area contributed by atoms with Gasteiger partial charge in [0.1, 0.15) is 0 Å². The Morgan fingerprint density at radius 3 is 0.825 bits per heavy atom. The Balaban J connectivity index is 0.927. The summed E-state index contributed by atoms with van der Waals surface area (Å²) >= 11 is 0. The SMILES string of the molecule is CC1(C)c2cc(-c3cccc(-c4cc(-c5ccccc5)nc(-c5ccccc5)c4)c3)ccc2-c2ccc(-c3cccc(-c4cc(-c5ccccc5)nc(-c5ccccc5)c4)c3)cc21. The van der Waals surface area contributed by atoms with Crippen LogP contribution in [0, 0.1) is 0 Å². The van der Waals surface area contributed by atoms with E-state index in [1.807, 2.05) is 0 Å². The summed E-state index contributed by atoms with van der Waals surface area (Å²) in [6.07, 6.45) is 0. The average Bonchev–Trinajstić information content (AvgIpc) is 3.59. The van der Waals surface area contributed by atoms with Gasteiger partial charge in [0.25, 0.3) is 0 Å². The van der Waals surface area contributed by atoms with Crippen LogP contribution in [-0.2, 0) is 5.41 Å². The highest BCUT2D eigenvalue weighted by molar-refractivity contribution is 5.88. The molecule has 2 heteroatoms. The number of hydrogen-bond donors (Lipinski definition) is 0. The van der Waals surface area contributed by atoms with E-state index in [0.717, 1.165) is 56.2 Å². The number of pyridine rings is 2. The van der Waals surface area contributed by atoms with Gasteiger partial charge in [-0.25, -0.2) is 9.97 Å². The summed E-state index contributed by atoms with van der Waals surface area (Å²) < 4.78 is 0. The fourth-order valence-electron chi connectivity index (χ4n) is 9.27. The second-order valence-corrected chi connectivity index (χ2v) is 17.0. The van der Waals surface area contributed by atoms with Gasteiger partial charge in [0.05, 0.1) is 22.8 Å². The third-order valence-electron chi connectivity index (χ3n) is 12.7. The zero-order chi connectivity index (χ0) is 42.3. The third-order valence-corrected chi connectivity index (χ3v) is 12.7. The predicted octanol–water partition coefficient (Wildman–Crippen LogP) is 16.1. The summed E-state index contributed by atoms with van der Waals surface area (Å²) in [6, 6.07) is 82.7. The average molecular weight is 805 g/mol. The molecule has 0 unspecified atom stereocenters. The quantitative estimate of drug-likeness (QED) is 0.153. The van der Waals surface area contributed by atoms with Crippen LogP contribution < -0.4 is 0 Å². The molecule has 298 valence electrons. The standard InChI is InChI=1S/C61H44N2/c1-61(2)55-35-49(45-25-15-27-47(33-45)51-37-57(41-17-7-3-8-18-41)62-58(38-51)42-19-9-4-10-20-42)29-31-53(55)54-32-30-50(36-56(54)61)46-26-16-28-48(34-46)52-39-59(43-21-11-5-12-22-43)63-60(40-52)44-23-13-6-14-24-44/h3-40H,1-2H3. The molecule has 11 rings (SSSR count). The molecule has 2 heterocycles. The Labute approximate surface area is 369 Å². The molecule has 0 aliphatic heterocycles. The first kappa shape index (κ1) is 38.0. The van der Waals surface area contributed by atoms with Crippen LogP contribution in [0.5, 0.6) is 0 Å². The molecule has 0 spiro atoms. The summed E-state index contributed by atoms with van der Waals surface area (Å²) in [5.74, 6) is 0. The van der Waals surface area contributed by atoms with Gasteiger partial charge in [0.15, 0.2) is 0 Å². The molecule has 63 heavy (non-hydrogen) atoms. The van der Waals surface area contributed by atoms with E-state index in [-0.39, 0.29) is 5.41 Å². The van der Waals surface area contributed by atoms with Crippen molar-refractivity contribution >= 4 is 0 Å². The van der Waals surface area contributed by atoms with Crippen molar-refractivity contribution in [1.29, 1.82) is 0 Å². The Morgan fingerprint density at radius 2 is 0.508 bits per heavy atom. The zero-order valence-electron chi connectivity index (χ0n) is 35.3.